The average Bonchev–Trinajstić information content (AvgIpc) is 3.34. The Labute approximate surface area is 214 Å². The fourth-order valence-electron chi connectivity index (χ4n) is 4.29. The van der Waals surface area contributed by atoms with Gasteiger partial charge in [-0.2, -0.15) is 0 Å². The Morgan fingerprint density at radius 3 is 2.72 bits per heavy atom. The van der Waals surface area contributed by atoms with E-state index in [1.807, 2.05) is 30.3 Å². The highest BCUT2D eigenvalue weighted by Crippen LogP contribution is 2.39. The molecule has 8 nitrogen and oxygen atoms in total. The SMILES string of the molecule is C=CC(=O)Nc1cc(Nc2nccc(-c3csc4ccccc34)n2)c(OC)cc1N1CCN(C)CC1. The van der Waals surface area contributed by atoms with Crippen molar-refractivity contribution in [1.29, 1.82) is 0 Å². The quantitative estimate of drug-likeness (QED) is 0.346. The summed E-state index contributed by atoms with van der Waals surface area (Å²) in [5.74, 6) is 0.800. The predicted octanol–water partition coefficient (Wildman–Crippen LogP) is 4.99. The van der Waals surface area contributed by atoms with Gasteiger partial charge in [-0.1, -0.05) is 24.8 Å². The summed E-state index contributed by atoms with van der Waals surface area (Å²) >= 11 is 1.69. The number of amides is 1. The van der Waals surface area contributed by atoms with E-state index in [9.17, 15) is 4.79 Å². The number of anilines is 4. The summed E-state index contributed by atoms with van der Waals surface area (Å²) in [6.07, 6.45) is 3.01. The van der Waals surface area contributed by atoms with Crippen LogP contribution in [0.1, 0.15) is 0 Å². The Kier molecular flexibility index (Phi) is 6.84. The first-order valence-corrected chi connectivity index (χ1v) is 12.6. The van der Waals surface area contributed by atoms with Gasteiger partial charge in [-0.05, 0) is 31.3 Å². The summed E-state index contributed by atoms with van der Waals surface area (Å²) in [5, 5.41) is 9.53. The summed E-state index contributed by atoms with van der Waals surface area (Å²) < 4.78 is 6.94. The van der Waals surface area contributed by atoms with E-state index in [4.69, 9.17) is 9.72 Å². The zero-order valence-corrected chi connectivity index (χ0v) is 21.1. The highest BCUT2D eigenvalue weighted by atomic mass is 32.1. The molecule has 0 saturated carbocycles. The Morgan fingerprint density at radius 1 is 1.14 bits per heavy atom. The molecule has 2 aromatic heterocycles. The van der Waals surface area contributed by atoms with E-state index in [-0.39, 0.29) is 5.91 Å². The minimum atomic E-state index is -0.274. The van der Waals surface area contributed by atoms with Crippen molar-refractivity contribution in [2.24, 2.45) is 0 Å². The first kappa shape index (κ1) is 23.8. The molecule has 3 heterocycles. The Hall–Kier alpha value is -3.95. The van der Waals surface area contributed by atoms with Crippen LogP contribution in [0.3, 0.4) is 0 Å². The smallest absolute Gasteiger partial charge is 0.247 e. The van der Waals surface area contributed by atoms with Gasteiger partial charge in [0.25, 0.3) is 0 Å². The number of carbonyl (C=O) groups excluding carboxylic acids is 1. The molecule has 0 aliphatic carbocycles. The number of ether oxygens (including phenoxy) is 1. The number of fused-ring (bicyclic) bond motifs is 1. The normalized spacial score (nSPS) is 14.0. The van der Waals surface area contributed by atoms with E-state index >= 15 is 0 Å². The van der Waals surface area contributed by atoms with Crippen LogP contribution in [0.25, 0.3) is 21.3 Å². The van der Waals surface area contributed by atoms with Gasteiger partial charge < -0.3 is 25.2 Å². The first-order chi connectivity index (χ1) is 17.6. The van der Waals surface area contributed by atoms with Crippen LogP contribution in [0.15, 0.2) is 66.7 Å². The van der Waals surface area contributed by atoms with Gasteiger partial charge in [-0.15, -0.1) is 11.3 Å². The van der Waals surface area contributed by atoms with Crippen LogP contribution in [-0.4, -0.2) is 61.1 Å². The van der Waals surface area contributed by atoms with Crippen LogP contribution in [0.2, 0.25) is 0 Å². The van der Waals surface area contributed by atoms with Crippen LogP contribution < -0.4 is 20.3 Å². The number of hydrogen-bond acceptors (Lipinski definition) is 8. The molecule has 2 N–H and O–H groups in total. The van der Waals surface area contributed by atoms with Gasteiger partial charge in [-0.3, -0.25) is 4.79 Å². The van der Waals surface area contributed by atoms with E-state index in [2.05, 4.69) is 56.6 Å². The second-order valence-corrected chi connectivity index (χ2v) is 9.50. The highest BCUT2D eigenvalue weighted by molar-refractivity contribution is 7.17. The van der Waals surface area contributed by atoms with E-state index in [0.717, 1.165) is 48.5 Å². The fourth-order valence-corrected chi connectivity index (χ4v) is 5.25. The maximum absolute atomic E-state index is 12.2. The predicted molar refractivity (Wildman–Crippen MR) is 148 cm³/mol. The van der Waals surface area contributed by atoms with Gasteiger partial charge in [-0.25, -0.2) is 9.97 Å². The van der Waals surface area contributed by atoms with E-state index in [1.165, 1.54) is 10.8 Å². The highest BCUT2D eigenvalue weighted by Gasteiger charge is 2.21. The Bertz CT molecular complexity index is 1410. The van der Waals surface area contributed by atoms with E-state index in [1.54, 1.807) is 24.6 Å². The molecule has 1 saturated heterocycles. The van der Waals surface area contributed by atoms with Gasteiger partial charge in [0.2, 0.25) is 11.9 Å². The zero-order valence-electron chi connectivity index (χ0n) is 20.3. The van der Waals surface area contributed by atoms with E-state index < -0.39 is 0 Å². The van der Waals surface area contributed by atoms with Crippen molar-refractivity contribution >= 4 is 50.3 Å². The maximum atomic E-state index is 12.2. The number of nitrogens with zero attached hydrogens (tertiary/aromatic N) is 4. The summed E-state index contributed by atoms with van der Waals surface area (Å²) in [6, 6.07) is 14.0. The lowest BCUT2D eigenvalue weighted by atomic mass is 10.1. The van der Waals surface area contributed by atoms with Crippen molar-refractivity contribution in [3.63, 3.8) is 0 Å². The second-order valence-electron chi connectivity index (χ2n) is 8.59. The van der Waals surface area contributed by atoms with Gasteiger partial charge in [0, 0.05) is 59.5 Å². The van der Waals surface area contributed by atoms with Crippen molar-refractivity contribution < 1.29 is 9.53 Å². The third-order valence-corrected chi connectivity index (χ3v) is 7.23. The van der Waals surface area contributed by atoms with Gasteiger partial charge in [0.1, 0.15) is 5.75 Å². The molecule has 1 amide bonds. The molecule has 1 aliphatic heterocycles. The van der Waals surface area contributed by atoms with Crippen LogP contribution in [0.5, 0.6) is 5.75 Å². The number of piperazine rings is 1. The van der Waals surface area contributed by atoms with Gasteiger partial charge in [0.15, 0.2) is 0 Å². The van der Waals surface area contributed by atoms with Gasteiger partial charge >= 0.3 is 0 Å². The molecular weight excluding hydrogens is 472 g/mol. The minimum absolute atomic E-state index is 0.274. The number of likely N-dealkylation sites (N-methyl/N-ethyl adjacent to an activating group) is 1. The maximum Gasteiger partial charge on any atom is 0.247 e. The van der Waals surface area contributed by atoms with E-state index in [0.29, 0.717) is 23.1 Å². The average molecular weight is 501 g/mol. The number of aromatic nitrogens is 2. The monoisotopic (exact) mass is 500 g/mol. The molecule has 0 bridgehead atoms. The standard InChI is InChI=1S/C27H28N6O2S/c1-4-26(34)29-21-15-22(24(35-3)16-23(21)33-13-11-32(2)12-14-33)31-27-28-10-9-20(30-27)19-17-36-25-8-6-5-7-18(19)25/h4-10,15-17H,1,11-14H2,2-3H3,(H,29,34)(H,28,30,31). The summed E-state index contributed by atoms with van der Waals surface area (Å²) in [5.41, 5.74) is 4.13. The number of methoxy groups -OCH3 is 1. The number of carbonyl (C=O) groups is 1. The third-order valence-electron chi connectivity index (χ3n) is 6.26. The minimum Gasteiger partial charge on any atom is -0.494 e. The Balaban J connectivity index is 1.50. The molecule has 0 unspecified atom stereocenters. The molecule has 1 aliphatic rings. The van der Waals surface area contributed by atoms with Crippen molar-refractivity contribution in [2.45, 2.75) is 0 Å². The van der Waals surface area contributed by atoms with Crippen molar-refractivity contribution in [3.05, 3.63) is 66.7 Å². The fraction of sp³-hybridized carbons (Fsp3) is 0.222. The number of rotatable bonds is 7. The molecule has 184 valence electrons. The summed E-state index contributed by atoms with van der Waals surface area (Å²) in [6.45, 7) is 7.18. The van der Waals surface area contributed by atoms with Crippen molar-refractivity contribution in [2.75, 3.05) is 55.9 Å². The Morgan fingerprint density at radius 2 is 1.94 bits per heavy atom. The molecule has 1 fully saturated rings. The molecule has 36 heavy (non-hydrogen) atoms. The molecule has 0 spiro atoms. The van der Waals surface area contributed by atoms with Crippen LogP contribution >= 0.6 is 11.3 Å². The lowest BCUT2D eigenvalue weighted by Gasteiger charge is -2.35. The van der Waals surface area contributed by atoms with Crippen LogP contribution in [0, 0.1) is 0 Å². The number of nitrogens with one attached hydrogen (secondary N) is 2. The molecule has 5 rings (SSSR count). The number of hydrogen-bond donors (Lipinski definition) is 2. The molecule has 0 atom stereocenters. The van der Waals surface area contributed by atoms with Crippen molar-refractivity contribution in [3.8, 4) is 17.0 Å². The number of benzene rings is 2. The number of thiophene rings is 1. The molecular formula is C27H28N6O2S. The summed E-state index contributed by atoms with van der Waals surface area (Å²) in [4.78, 5) is 26.0. The molecule has 4 aromatic rings. The third kappa shape index (κ3) is 4.89. The van der Waals surface area contributed by atoms with Crippen molar-refractivity contribution in [1.82, 2.24) is 14.9 Å². The molecule has 0 radical (unpaired) electrons. The largest absolute Gasteiger partial charge is 0.494 e. The van der Waals surface area contributed by atoms with Crippen LogP contribution in [-0.2, 0) is 4.79 Å². The van der Waals surface area contributed by atoms with Crippen LogP contribution in [0.4, 0.5) is 23.0 Å². The lowest BCUT2D eigenvalue weighted by molar-refractivity contribution is -0.111. The summed E-state index contributed by atoms with van der Waals surface area (Å²) in [7, 11) is 3.74. The second kappa shape index (κ2) is 10.3. The lowest BCUT2D eigenvalue weighted by Crippen LogP contribution is -2.44. The molecule has 9 heteroatoms. The molecule has 2 aromatic carbocycles. The topological polar surface area (TPSA) is 82.6 Å². The zero-order chi connectivity index (χ0) is 25.1. The van der Waals surface area contributed by atoms with Gasteiger partial charge in [0.05, 0.1) is 29.9 Å². The first-order valence-electron chi connectivity index (χ1n) is 11.7.